The van der Waals surface area contributed by atoms with Crippen LogP contribution >= 0.6 is 0 Å². The Kier molecular flexibility index (Phi) is 3.60. The lowest BCUT2D eigenvalue weighted by Gasteiger charge is -2.18. The molecule has 0 bridgehead atoms. The molecule has 0 aliphatic carbocycles. The van der Waals surface area contributed by atoms with E-state index in [0.717, 1.165) is 32.6 Å². The van der Waals surface area contributed by atoms with Gasteiger partial charge >= 0.3 is 0 Å². The summed E-state index contributed by atoms with van der Waals surface area (Å²) in [6, 6.07) is 17.6. The van der Waals surface area contributed by atoms with Crippen LogP contribution in [0.2, 0.25) is 0 Å². The van der Waals surface area contributed by atoms with E-state index < -0.39 is 0 Å². The Morgan fingerprint density at radius 1 is 1.05 bits per heavy atom. The number of fused-ring (bicyclic) bond motifs is 1. The van der Waals surface area contributed by atoms with E-state index in [4.69, 9.17) is 5.73 Å². The first-order chi connectivity index (χ1) is 10.8. The van der Waals surface area contributed by atoms with Gasteiger partial charge in [-0.05, 0) is 23.1 Å². The number of nitrogens with zero attached hydrogens (tertiary/aromatic N) is 1. The van der Waals surface area contributed by atoms with Gasteiger partial charge in [0.25, 0.3) is 0 Å². The number of rotatable bonds is 3. The van der Waals surface area contributed by atoms with E-state index in [2.05, 4.69) is 58.7 Å². The SMILES string of the molecule is N[C@@H]1CN(Cc2cccc3c2NCC3)C[C@H]1c1ccccc1. The van der Waals surface area contributed by atoms with Gasteiger partial charge in [0.1, 0.15) is 0 Å². The molecule has 2 aromatic rings. The summed E-state index contributed by atoms with van der Waals surface area (Å²) in [5, 5.41) is 3.54. The van der Waals surface area contributed by atoms with Gasteiger partial charge in [0, 0.05) is 43.8 Å². The van der Waals surface area contributed by atoms with Gasteiger partial charge in [0.2, 0.25) is 0 Å². The van der Waals surface area contributed by atoms with E-state index >= 15 is 0 Å². The number of benzene rings is 2. The lowest BCUT2D eigenvalue weighted by atomic mass is 9.95. The lowest BCUT2D eigenvalue weighted by molar-refractivity contribution is 0.324. The number of hydrogen-bond donors (Lipinski definition) is 2. The Balaban J connectivity index is 1.50. The van der Waals surface area contributed by atoms with Crippen molar-refractivity contribution in [3.05, 3.63) is 65.2 Å². The summed E-state index contributed by atoms with van der Waals surface area (Å²) in [5.41, 5.74) is 12.0. The number of nitrogens with one attached hydrogen (secondary N) is 1. The Morgan fingerprint density at radius 2 is 1.91 bits per heavy atom. The number of hydrogen-bond acceptors (Lipinski definition) is 3. The first-order valence-corrected chi connectivity index (χ1v) is 8.19. The normalized spacial score (nSPS) is 24.2. The van der Waals surface area contributed by atoms with Crippen LogP contribution in [-0.4, -0.2) is 30.6 Å². The van der Waals surface area contributed by atoms with E-state index in [1.54, 1.807) is 0 Å². The third-order valence-corrected chi connectivity index (χ3v) is 5.00. The molecule has 22 heavy (non-hydrogen) atoms. The zero-order valence-corrected chi connectivity index (χ0v) is 12.8. The monoisotopic (exact) mass is 293 g/mol. The van der Waals surface area contributed by atoms with Crippen LogP contribution in [0.3, 0.4) is 0 Å². The van der Waals surface area contributed by atoms with Crippen LogP contribution in [0.5, 0.6) is 0 Å². The topological polar surface area (TPSA) is 41.3 Å². The first kappa shape index (κ1) is 13.8. The van der Waals surface area contributed by atoms with E-state index in [1.807, 2.05) is 0 Å². The minimum absolute atomic E-state index is 0.229. The average molecular weight is 293 g/mol. The van der Waals surface area contributed by atoms with Crippen molar-refractivity contribution in [1.29, 1.82) is 0 Å². The molecule has 2 aliphatic rings. The maximum absolute atomic E-state index is 6.41. The van der Waals surface area contributed by atoms with Crippen LogP contribution in [0.1, 0.15) is 22.6 Å². The van der Waals surface area contributed by atoms with Crippen molar-refractivity contribution in [2.24, 2.45) is 5.73 Å². The van der Waals surface area contributed by atoms with Gasteiger partial charge < -0.3 is 11.1 Å². The van der Waals surface area contributed by atoms with Gasteiger partial charge in [0.05, 0.1) is 0 Å². The molecule has 0 unspecified atom stereocenters. The Hall–Kier alpha value is -1.84. The van der Waals surface area contributed by atoms with E-state index in [1.165, 1.54) is 22.4 Å². The van der Waals surface area contributed by atoms with Crippen molar-refractivity contribution >= 4 is 5.69 Å². The summed E-state index contributed by atoms with van der Waals surface area (Å²) >= 11 is 0. The van der Waals surface area contributed by atoms with Gasteiger partial charge in [0.15, 0.2) is 0 Å². The predicted octanol–water partition coefficient (Wildman–Crippen LogP) is 2.58. The molecule has 0 amide bonds. The summed E-state index contributed by atoms with van der Waals surface area (Å²) < 4.78 is 0. The summed E-state index contributed by atoms with van der Waals surface area (Å²) in [7, 11) is 0. The summed E-state index contributed by atoms with van der Waals surface area (Å²) in [6.07, 6.45) is 1.15. The minimum atomic E-state index is 0.229. The van der Waals surface area contributed by atoms with Crippen molar-refractivity contribution < 1.29 is 0 Å². The van der Waals surface area contributed by atoms with Crippen LogP contribution < -0.4 is 11.1 Å². The fraction of sp³-hybridized carbons (Fsp3) is 0.368. The first-order valence-electron chi connectivity index (χ1n) is 8.19. The molecular formula is C19H23N3. The number of para-hydroxylation sites is 1. The van der Waals surface area contributed by atoms with Crippen molar-refractivity contribution in [1.82, 2.24) is 4.90 Å². The molecule has 4 rings (SSSR count). The minimum Gasteiger partial charge on any atom is -0.384 e. The lowest BCUT2D eigenvalue weighted by Crippen LogP contribution is -2.28. The highest BCUT2D eigenvalue weighted by molar-refractivity contribution is 5.61. The molecule has 2 heterocycles. The maximum atomic E-state index is 6.41. The van der Waals surface area contributed by atoms with Gasteiger partial charge in [-0.2, -0.15) is 0 Å². The highest BCUT2D eigenvalue weighted by Gasteiger charge is 2.31. The zero-order chi connectivity index (χ0) is 14.9. The quantitative estimate of drug-likeness (QED) is 0.914. The van der Waals surface area contributed by atoms with Crippen molar-refractivity contribution in [2.45, 2.75) is 24.9 Å². The summed E-state index contributed by atoms with van der Waals surface area (Å²) in [4.78, 5) is 2.50. The zero-order valence-electron chi connectivity index (χ0n) is 12.8. The van der Waals surface area contributed by atoms with Crippen LogP contribution in [-0.2, 0) is 13.0 Å². The van der Waals surface area contributed by atoms with Crippen LogP contribution in [0.15, 0.2) is 48.5 Å². The average Bonchev–Trinajstić information content (AvgIpc) is 3.15. The standard InChI is InChI=1S/C19H23N3/c20-18-13-22(12-17(18)14-5-2-1-3-6-14)11-16-8-4-7-15-9-10-21-19(15)16/h1-8,17-18,21H,9-13,20H2/t17-,18+/m0/s1. The molecule has 2 aromatic carbocycles. The molecule has 0 radical (unpaired) electrons. The fourth-order valence-electron chi connectivity index (χ4n) is 3.88. The molecule has 114 valence electrons. The molecule has 0 spiro atoms. The predicted molar refractivity (Wildman–Crippen MR) is 91.1 cm³/mol. The third kappa shape index (κ3) is 2.51. The number of anilines is 1. The summed E-state index contributed by atoms with van der Waals surface area (Å²) in [5.74, 6) is 0.450. The van der Waals surface area contributed by atoms with Crippen LogP contribution in [0, 0.1) is 0 Å². The van der Waals surface area contributed by atoms with Crippen LogP contribution in [0.25, 0.3) is 0 Å². The molecule has 2 aliphatic heterocycles. The summed E-state index contributed by atoms with van der Waals surface area (Å²) in [6.45, 7) is 4.09. The Labute approximate surface area is 132 Å². The molecule has 3 N–H and O–H groups in total. The van der Waals surface area contributed by atoms with Crippen molar-refractivity contribution in [2.75, 3.05) is 25.0 Å². The highest BCUT2D eigenvalue weighted by Crippen LogP contribution is 2.31. The Morgan fingerprint density at radius 3 is 2.77 bits per heavy atom. The largest absolute Gasteiger partial charge is 0.384 e. The highest BCUT2D eigenvalue weighted by atomic mass is 15.2. The van der Waals surface area contributed by atoms with Gasteiger partial charge in [-0.1, -0.05) is 48.5 Å². The molecule has 1 fully saturated rings. The van der Waals surface area contributed by atoms with Gasteiger partial charge in [-0.25, -0.2) is 0 Å². The molecule has 2 atom stereocenters. The number of likely N-dealkylation sites (tertiary alicyclic amines) is 1. The molecule has 0 saturated carbocycles. The smallest absolute Gasteiger partial charge is 0.0419 e. The molecule has 1 saturated heterocycles. The third-order valence-electron chi connectivity index (χ3n) is 5.00. The second-order valence-corrected chi connectivity index (χ2v) is 6.50. The van der Waals surface area contributed by atoms with Crippen molar-refractivity contribution in [3.8, 4) is 0 Å². The molecule has 3 heteroatoms. The van der Waals surface area contributed by atoms with Crippen LogP contribution in [0.4, 0.5) is 5.69 Å². The maximum Gasteiger partial charge on any atom is 0.0419 e. The second kappa shape index (κ2) is 5.75. The fourth-order valence-corrected chi connectivity index (χ4v) is 3.88. The molecule has 0 aromatic heterocycles. The number of nitrogens with two attached hydrogens (primary N) is 1. The Bertz CT molecular complexity index is 653. The van der Waals surface area contributed by atoms with E-state index in [-0.39, 0.29) is 6.04 Å². The van der Waals surface area contributed by atoms with Gasteiger partial charge in [-0.3, -0.25) is 4.90 Å². The second-order valence-electron chi connectivity index (χ2n) is 6.50. The van der Waals surface area contributed by atoms with Crippen molar-refractivity contribution in [3.63, 3.8) is 0 Å². The van der Waals surface area contributed by atoms with E-state index in [9.17, 15) is 0 Å². The van der Waals surface area contributed by atoms with E-state index in [0.29, 0.717) is 5.92 Å². The molecular weight excluding hydrogens is 270 g/mol. The molecule has 3 nitrogen and oxygen atoms in total. The van der Waals surface area contributed by atoms with Gasteiger partial charge in [-0.15, -0.1) is 0 Å².